The number of halogens is 1. The molecule has 0 aromatic heterocycles. The Morgan fingerprint density at radius 3 is 2.95 bits per heavy atom. The minimum atomic E-state index is 0.400. The molecule has 0 radical (unpaired) electrons. The van der Waals surface area contributed by atoms with Gasteiger partial charge in [-0.25, -0.2) is 0 Å². The lowest BCUT2D eigenvalue weighted by Gasteiger charge is -2.35. The second-order valence-electron chi connectivity index (χ2n) is 6.12. The van der Waals surface area contributed by atoms with Crippen LogP contribution in [0.5, 0.6) is 0 Å². The van der Waals surface area contributed by atoms with E-state index in [4.69, 9.17) is 11.6 Å². The third kappa shape index (κ3) is 4.21. The van der Waals surface area contributed by atoms with E-state index in [0.717, 1.165) is 17.5 Å². The van der Waals surface area contributed by atoms with Gasteiger partial charge in [0.1, 0.15) is 0 Å². The topological polar surface area (TPSA) is 15.3 Å². The smallest absolute Gasteiger partial charge is 0.0409 e. The summed E-state index contributed by atoms with van der Waals surface area (Å²) >= 11 is 6.09. The fourth-order valence-electron chi connectivity index (χ4n) is 3.13. The van der Waals surface area contributed by atoms with E-state index in [-0.39, 0.29) is 0 Å². The molecule has 3 atom stereocenters. The molecule has 112 valence electrons. The Morgan fingerprint density at radius 2 is 2.25 bits per heavy atom. The maximum absolute atomic E-state index is 6.09. The molecule has 1 saturated heterocycles. The highest BCUT2D eigenvalue weighted by atomic mass is 35.5. The summed E-state index contributed by atoms with van der Waals surface area (Å²) in [6.45, 7) is 6.84. The van der Waals surface area contributed by atoms with E-state index in [1.807, 2.05) is 12.1 Å². The molecule has 20 heavy (non-hydrogen) atoms. The third-order valence-electron chi connectivity index (χ3n) is 4.68. The van der Waals surface area contributed by atoms with Crippen molar-refractivity contribution in [2.24, 2.45) is 5.92 Å². The van der Waals surface area contributed by atoms with Gasteiger partial charge in [0.15, 0.2) is 0 Å². The Bertz CT molecular complexity index is 421. The van der Waals surface area contributed by atoms with Crippen molar-refractivity contribution in [3.63, 3.8) is 0 Å². The minimum Gasteiger partial charge on any atom is -0.313 e. The van der Waals surface area contributed by atoms with Crippen LogP contribution >= 0.6 is 11.6 Å². The number of likely N-dealkylation sites (N-methyl/N-ethyl adjacent to an activating group) is 1. The van der Waals surface area contributed by atoms with Crippen LogP contribution in [0, 0.1) is 5.92 Å². The molecule has 0 spiro atoms. The average molecular weight is 295 g/mol. The number of nitrogens with one attached hydrogen (secondary N) is 1. The van der Waals surface area contributed by atoms with Gasteiger partial charge in [-0.15, -0.1) is 0 Å². The van der Waals surface area contributed by atoms with E-state index in [1.54, 1.807) is 0 Å². The molecule has 0 saturated carbocycles. The number of hydrogen-bond acceptors (Lipinski definition) is 2. The van der Waals surface area contributed by atoms with Crippen LogP contribution in [0.3, 0.4) is 0 Å². The highest BCUT2D eigenvalue weighted by Gasteiger charge is 2.23. The van der Waals surface area contributed by atoms with Gasteiger partial charge < -0.3 is 5.32 Å². The third-order valence-corrected chi connectivity index (χ3v) is 4.92. The fraction of sp³-hybridized carbons (Fsp3) is 0.647. The zero-order valence-corrected chi connectivity index (χ0v) is 13.7. The normalized spacial score (nSPS) is 24.9. The molecule has 1 aliphatic rings. The lowest BCUT2D eigenvalue weighted by Crippen LogP contribution is -2.45. The van der Waals surface area contributed by atoms with Gasteiger partial charge >= 0.3 is 0 Å². The summed E-state index contributed by atoms with van der Waals surface area (Å²) in [5.74, 6) is 0.899. The highest BCUT2D eigenvalue weighted by Crippen LogP contribution is 2.24. The molecule has 3 heteroatoms. The summed E-state index contributed by atoms with van der Waals surface area (Å²) in [5, 5.41) is 4.49. The summed E-state index contributed by atoms with van der Waals surface area (Å²) in [4.78, 5) is 2.43. The van der Waals surface area contributed by atoms with Crippen molar-refractivity contribution in [1.82, 2.24) is 10.2 Å². The van der Waals surface area contributed by atoms with E-state index in [1.165, 1.54) is 31.4 Å². The second-order valence-corrected chi connectivity index (χ2v) is 6.56. The van der Waals surface area contributed by atoms with Crippen molar-refractivity contribution >= 4 is 11.6 Å². The zero-order valence-electron chi connectivity index (χ0n) is 12.9. The minimum absolute atomic E-state index is 0.400. The molecule has 0 aliphatic carbocycles. The molecule has 2 nitrogen and oxygen atoms in total. The molecule has 0 bridgehead atoms. The molecule has 2 rings (SSSR count). The summed E-state index contributed by atoms with van der Waals surface area (Å²) in [5.41, 5.74) is 1.29. The maximum Gasteiger partial charge on any atom is 0.0409 e. The Labute approximate surface area is 128 Å². The molecule has 1 aromatic rings. The van der Waals surface area contributed by atoms with E-state index in [0.29, 0.717) is 12.1 Å². The van der Waals surface area contributed by atoms with E-state index >= 15 is 0 Å². The Morgan fingerprint density at radius 1 is 1.45 bits per heavy atom. The van der Waals surface area contributed by atoms with Crippen molar-refractivity contribution in [2.75, 3.05) is 20.1 Å². The predicted octanol–water partition coefficient (Wildman–Crippen LogP) is 4.11. The monoisotopic (exact) mass is 294 g/mol. The van der Waals surface area contributed by atoms with Crippen molar-refractivity contribution in [2.45, 2.75) is 45.2 Å². The first-order valence-electron chi connectivity index (χ1n) is 7.79. The van der Waals surface area contributed by atoms with Crippen molar-refractivity contribution in [3.05, 3.63) is 34.9 Å². The van der Waals surface area contributed by atoms with Gasteiger partial charge in [-0.05, 0) is 57.0 Å². The molecular weight excluding hydrogens is 268 g/mol. The van der Waals surface area contributed by atoms with Crippen LogP contribution in [-0.4, -0.2) is 31.1 Å². The number of hydrogen-bond donors (Lipinski definition) is 1. The number of piperidine rings is 1. The van der Waals surface area contributed by atoms with Crippen LogP contribution in [0.15, 0.2) is 24.3 Å². The lowest BCUT2D eigenvalue weighted by atomic mass is 9.90. The van der Waals surface area contributed by atoms with Gasteiger partial charge in [0.25, 0.3) is 0 Å². The lowest BCUT2D eigenvalue weighted by molar-refractivity contribution is 0.192. The number of nitrogens with zero attached hydrogens (tertiary/aromatic N) is 1. The van der Waals surface area contributed by atoms with E-state index < -0.39 is 0 Å². The van der Waals surface area contributed by atoms with Crippen LogP contribution in [0.4, 0.5) is 0 Å². The van der Waals surface area contributed by atoms with Gasteiger partial charge in [-0.1, -0.05) is 37.1 Å². The average Bonchev–Trinajstić information content (AvgIpc) is 2.46. The van der Waals surface area contributed by atoms with Gasteiger partial charge in [0, 0.05) is 23.7 Å². The molecule has 1 aromatic carbocycles. The maximum atomic E-state index is 6.09. The zero-order chi connectivity index (χ0) is 14.5. The molecule has 1 heterocycles. The Hall–Kier alpha value is -0.570. The summed E-state index contributed by atoms with van der Waals surface area (Å²) in [7, 11) is 2.21. The molecule has 3 unspecified atom stereocenters. The fourth-order valence-corrected chi connectivity index (χ4v) is 3.33. The van der Waals surface area contributed by atoms with Gasteiger partial charge in [-0.3, -0.25) is 4.90 Å². The predicted molar refractivity (Wildman–Crippen MR) is 87.3 cm³/mol. The van der Waals surface area contributed by atoms with Crippen LogP contribution < -0.4 is 5.32 Å². The van der Waals surface area contributed by atoms with Crippen molar-refractivity contribution in [3.8, 4) is 0 Å². The first-order valence-corrected chi connectivity index (χ1v) is 8.17. The van der Waals surface area contributed by atoms with Crippen LogP contribution in [0.1, 0.15) is 44.7 Å². The summed E-state index contributed by atoms with van der Waals surface area (Å²) in [6.07, 6.45) is 3.95. The Kier molecular flexibility index (Phi) is 5.88. The van der Waals surface area contributed by atoms with Crippen LogP contribution in [0.25, 0.3) is 0 Å². The van der Waals surface area contributed by atoms with Crippen molar-refractivity contribution < 1.29 is 0 Å². The van der Waals surface area contributed by atoms with Crippen LogP contribution in [-0.2, 0) is 0 Å². The van der Waals surface area contributed by atoms with E-state index in [2.05, 4.69) is 43.2 Å². The Balaban J connectivity index is 1.92. The second kappa shape index (κ2) is 7.44. The number of rotatable bonds is 5. The highest BCUT2D eigenvalue weighted by molar-refractivity contribution is 6.30. The molecule has 1 N–H and O–H groups in total. The van der Waals surface area contributed by atoms with Crippen molar-refractivity contribution in [1.29, 1.82) is 0 Å². The van der Waals surface area contributed by atoms with Gasteiger partial charge in [-0.2, -0.15) is 0 Å². The van der Waals surface area contributed by atoms with Gasteiger partial charge in [0.2, 0.25) is 0 Å². The largest absolute Gasteiger partial charge is 0.313 e. The van der Waals surface area contributed by atoms with Crippen LogP contribution in [0.2, 0.25) is 5.02 Å². The summed E-state index contributed by atoms with van der Waals surface area (Å²) in [6, 6.07) is 9.24. The molecule has 0 amide bonds. The van der Waals surface area contributed by atoms with Gasteiger partial charge in [0.05, 0.1) is 0 Å². The standard InChI is InChI=1S/C17H27ClN2/c1-4-14-8-9-19-17(10-14)12-20(3)13(2)15-6-5-7-16(18)11-15/h5-7,11,13-14,17,19H,4,8-10,12H2,1-3H3. The quantitative estimate of drug-likeness (QED) is 0.879. The molecule has 1 aliphatic heterocycles. The first kappa shape index (κ1) is 15.8. The first-order chi connectivity index (χ1) is 9.60. The number of benzene rings is 1. The molecule has 1 fully saturated rings. The van der Waals surface area contributed by atoms with E-state index in [9.17, 15) is 0 Å². The SMILES string of the molecule is CCC1CCNC(CN(C)C(C)c2cccc(Cl)c2)C1. The molecular formula is C17H27ClN2. The summed E-state index contributed by atoms with van der Waals surface area (Å²) < 4.78 is 0.